The van der Waals surface area contributed by atoms with E-state index in [1.807, 2.05) is 18.2 Å². The molecular weight excluding hydrogens is 374 g/mol. The van der Waals surface area contributed by atoms with Crippen molar-refractivity contribution in [3.8, 4) is 0 Å². The number of nitrogens with zero attached hydrogens (tertiary/aromatic N) is 1. The first-order valence-corrected chi connectivity index (χ1v) is 9.94. The molecule has 0 fully saturated rings. The summed E-state index contributed by atoms with van der Waals surface area (Å²) >= 11 is 6.10. The van der Waals surface area contributed by atoms with E-state index in [1.165, 1.54) is 30.8 Å². The van der Waals surface area contributed by atoms with Crippen LogP contribution in [-0.4, -0.2) is 23.3 Å². The second-order valence-electron chi connectivity index (χ2n) is 6.85. The standard InChI is InChI=1S/C22H24ClN3O2/c23-20-9-5-4-8-17(20)15-26-22(28)19-12-18(13-24-14-19)21(27)25-11-10-16-6-2-1-3-7-16/h4-6,8-9,12-14H,1-3,7,10-11,15H2,(H,25,27)(H,26,28). The first kappa shape index (κ1) is 20.1. The highest BCUT2D eigenvalue weighted by atomic mass is 35.5. The molecule has 1 aliphatic rings. The van der Waals surface area contributed by atoms with E-state index in [4.69, 9.17) is 11.6 Å². The summed E-state index contributed by atoms with van der Waals surface area (Å²) in [6.45, 7) is 0.900. The SMILES string of the molecule is O=C(NCCC1=CCCCC1)c1cncc(C(=O)NCc2ccccc2Cl)c1. The molecule has 0 radical (unpaired) electrons. The quantitative estimate of drug-likeness (QED) is 0.685. The van der Waals surface area contributed by atoms with Crippen LogP contribution in [0.15, 0.2) is 54.4 Å². The number of benzene rings is 1. The number of nitrogens with one attached hydrogen (secondary N) is 2. The minimum absolute atomic E-state index is 0.218. The van der Waals surface area contributed by atoms with Crippen molar-refractivity contribution in [3.05, 3.63) is 76.1 Å². The second-order valence-corrected chi connectivity index (χ2v) is 7.26. The van der Waals surface area contributed by atoms with E-state index in [0.717, 1.165) is 24.8 Å². The van der Waals surface area contributed by atoms with E-state index >= 15 is 0 Å². The van der Waals surface area contributed by atoms with Crippen molar-refractivity contribution in [1.29, 1.82) is 0 Å². The maximum atomic E-state index is 12.4. The molecule has 2 N–H and O–H groups in total. The number of pyridine rings is 1. The van der Waals surface area contributed by atoms with Crippen LogP contribution in [0.4, 0.5) is 0 Å². The zero-order valence-electron chi connectivity index (χ0n) is 15.7. The Morgan fingerprint density at radius 2 is 1.79 bits per heavy atom. The van der Waals surface area contributed by atoms with Crippen molar-refractivity contribution >= 4 is 23.4 Å². The second kappa shape index (κ2) is 10.0. The van der Waals surface area contributed by atoms with Gasteiger partial charge in [-0.15, -0.1) is 0 Å². The van der Waals surface area contributed by atoms with Crippen molar-refractivity contribution in [2.45, 2.75) is 38.6 Å². The number of amides is 2. The summed E-state index contributed by atoms with van der Waals surface area (Å²) in [5, 5.41) is 6.31. The van der Waals surface area contributed by atoms with Crippen molar-refractivity contribution in [1.82, 2.24) is 15.6 Å². The van der Waals surface area contributed by atoms with Gasteiger partial charge in [0.25, 0.3) is 11.8 Å². The Labute approximate surface area is 170 Å². The minimum atomic E-state index is -0.297. The lowest BCUT2D eigenvalue weighted by molar-refractivity contribution is 0.0950. The zero-order valence-corrected chi connectivity index (χ0v) is 16.5. The number of allylic oxidation sites excluding steroid dienone is 1. The van der Waals surface area contributed by atoms with Gasteiger partial charge in [-0.2, -0.15) is 0 Å². The molecule has 1 aliphatic carbocycles. The molecule has 0 bridgehead atoms. The largest absolute Gasteiger partial charge is 0.352 e. The van der Waals surface area contributed by atoms with Crippen LogP contribution in [0.3, 0.4) is 0 Å². The minimum Gasteiger partial charge on any atom is -0.352 e. The lowest BCUT2D eigenvalue weighted by atomic mass is 9.97. The third kappa shape index (κ3) is 5.67. The van der Waals surface area contributed by atoms with Crippen LogP contribution in [0, 0.1) is 0 Å². The van der Waals surface area contributed by atoms with Crippen molar-refractivity contribution in [3.63, 3.8) is 0 Å². The van der Waals surface area contributed by atoms with Crippen LogP contribution in [0.5, 0.6) is 0 Å². The van der Waals surface area contributed by atoms with Crippen molar-refractivity contribution in [2.24, 2.45) is 0 Å². The van der Waals surface area contributed by atoms with Gasteiger partial charge in [0, 0.05) is 30.5 Å². The molecule has 0 spiro atoms. The summed E-state index contributed by atoms with van der Waals surface area (Å²) in [5.74, 6) is -0.515. The van der Waals surface area contributed by atoms with Gasteiger partial charge < -0.3 is 10.6 Å². The molecule has 0 atom stereocenters. The molecule has 2 amide bonds. The number of halogens is 1. The number of carbonyl (C=O) groups excluding carboxylic acids is 2. The number of rotatable bonds is 7. The molecule has 6 heteroatoms. The lowest BCUT2D eigenvalue weighted by Crippen LogP contribution is -2.26. The summed E-state index contributed by atoms with van der Waals surface area (Å²) in [6.07, 6.45) is 10.8. The van der Waals surface area contributed by atoms with E-state index in [-0.39, 0.29) is 11.8 Å². The average Bonchev–Trinajstić information content (AvgIpc) is 2.74. The number of carbonyl (C=O) groups is 2. The van der Waals surface area contributed by atoms with Gasteiger partial charge in [0.2, 0.25) is 0 Å². The maximum absolute atomic E-state index is 12.4. The summed E-state index contributed by atoms with van der Waals surface area (Å²) < 4.78 is 0. The Hall–Kier alpha value is -2.66. The monoisotopic (exact) mass is 397 g/mol. The van der Waals surface area contributed by atoms with Gasteiger partial charge in [-0.05, 0) is 49.8 Å². The van der Waals surface area contributed by atoms with Crippen LogP contribution in [0.2, 0.25) is 5.02 Å². The molecule has 1 aromatic heterocycles. The highest BCUT2D eigenvalue weighted by molar-refractivity contribution is 6.31. The van der Waals surface area contributed by atoms with Gasteiger partial charge in [0.15, 0.2) is 0 Å². The number of hydrogen-bond acceptors (Lipinski definition) is 3. The van der Waals surface area contributed by atoms with Crippen LogP contribution < -0.4 is 10.6 Å². The number of aromatic nitrogens is 1. The van der Waals surface area contributed by atoms with Crippen LogP contribution in [-0.2, 0) is 6.54 Å². The first-order chi connectivity index (χ1) is 13.6. The van der Waals surface area contributed by atoms with E-state index in [2.05, 4.69) is 21.7 Å². The normalized spacial score (nSPS) is 13.5. The molecule has 5 nitrogen and oxygen atoms in total. The summed E-state index contributed by atoms with van der Waals surface area (Å²) in [7, 11) is 0. The predicted molar refractivity (Wildman–Crippen MR) is 110 cm³/mol. The van der Waals surface area contributed by atoms with E-state index < -0.39 is 0 Å². The van der Waals surface area contributed by atoms with Crippen molar-refractivity contribution < 1.29 is 9.59 Å². The predicted octanol–water partition coefficient (Wildman–Crippen LogP) is 4.29. The van der Waals surface area contributed by atoms with Gasteiger partial charge in [-0.25, -0.2) is 0 Å². The summed E-state index contributed by atoms with van der Waals surface area (Å²) in [6, 6.07) is 8.89. The Bertz CT molecular complexity index is 880. The Morgan fingerprint density at radius 3 is 2.50 bits per heavy atom. The van der Waals surface area contributed by atoms with Crippen LogP contribution in [0.1, 0.15) is 58.4 Å². The van der Waals surface area contributed by atoms with Gasteiger partial charge in [-0.1, -0.05) is 41.4 Å². The molecule has 2 aromatic rings. The summed E-state index contributed by atoms with van der Waals surface area (Å²) in [4.78, 5) is 28.8. The maximum Gasteiger partial charge on any atom is 0.253 e. The van der Waals surface area contributed by atoms with Gasteiger partial charge in [0.05, 0.1) is 11.1 Å². The Morgan fingerprint density at radius 1 is 1.04 bits per heavy atom. The highest BCUT2D eigenvalue weighted by Crippen LogP contribution is 2.19. The molecule has 0 unspecified atom stereocenters. The molecule has 0 aliphatic heterocycles. The molecule has 0 saturated heterocycles. The fourth-order valence-electron chi connectivity index (χ4n) is 3.18. The third-order valence-corrected chi connectivity index (χ3v) is 5.15. The molecule has 3 rings (SSSR count). The highest BCUT2D eigenvalue weighted by Gasteiger charge is 2.12. The average molecular weight is 398 g/mol. The van der Waals surface area contributed by atoms with E-state index in [0.29, 0.717) is 29.2 Å². The van der Waals surface area contributed by atoms with E-state index in [1.54, 1.807) is 12.1 Å². The van der Waals surface area contributed by atoms with Gasteiger partial charge in [-0.3, -0.25) is 14.6 Å². The van der Waals surface area contributed by atoms with E-state index in [9.17, 15) is 9.59 Å². The zero-order chi connectivity index (χ0) is 19.8. The van der Waals surface area contributed by atoms with Crippen LogP contribution in [0.25, 0.3) is 0 Å². The smallest absolute Gasteiger partial charge is 0.253 e. The third-order valence-electron chi connectivity index (χ3n) is 4.78. The molecular formula is C22H24ClN3O2. The van der Waals surface area contributed by atoms with Crippen molar-refractivity contribution in [2.75, 3.05) is 6.54 Å². The van der Waals surface area contributed by atoms with Crippen LogP contribution >= 0.6 is 11.6 Å². The molecule has 146 valence electrons. The summed E-state index contributed by atoms with van der Waals surface area (Å²) in [5.41, 5.74) is 2.96. The topological polar surface area (TPSA) is 71.1 Å². The Balaban J connectivity index is 1.53. The lowest BCUT2D eigenvalue weighted by Gasteiger charge is -2.13. The van der Waals surface area contributed by atoms with Gasteiger partial charge in [0.1, 0.15) is 0 Å². The molecule has 1 heterocycles. The van der Waals surface area contributed by atoms with Gasteiger partial charge >= 0.3 is 0 Å². The molecule has 1 aromatic carbocycles. The molecule has 0 saturated carbocycles. The fraction of sp³-hybridized carbons (Fsp3) is 0.318. The molecule has 28 heavy (non-hydrogen) atoms. The first-order valence-electron chi connectivity index (χ1n) is 9.56. The Kier molecular flexibility index (Phi) is 7.20. The fourth-order valence-corrected chi connectivity index (χ4v) is 3.38. The number of hydrogen-bond donors (Lipinski definition) is 2.